The summed E-state index contributed by atoms with van der Waals surface area (Å²) in [4.78, 5) is 71.9. The third kappa shape index (κ3) is 54.0. The third-order valence-electron chi connectivity index (χ3n) is 14.3. The number of rotatable bonds is 60. The minimum Gasteiger partial charge on any atom is -0.462 e. The van der Waals surface area contributed by atoms with Gasteiger partial charge in [-0.3, -0.25) is 37.3 Å². The number of aliphatic hydroxyl groups is 1. The van der Waals surface area contributed by atoms with Gasteiger partial charge in [-0.25, -0.2) is 9.13 Å². The van der Waals surface area contributed by atoms with E-state index in [2.05, 4.69) is 41.5 Å². The molecule has 0 bridgehead atoms. The van der Waals surface area contributed by atoms with Crippen LogP contribution in [-0.4, -0.2) is 96.7 Å². The van der Waals surface area contributed by atoms with E-state index in [1.54, 1.807) is 0 Å². The summed E-state index contributed by atoms with van der Waals surface area (Å²) in [6.45, 7) is 9.33. The molecule has 0 aromatic rings. The zero-order valence-electron chi connectivity index (χ0n) is 51.4. The maximum Gasteiger partial charge on any atom is 0.472 e. The number of hydrogen-bond donors (Lipinski definition) is 3. The van der Waals surface area contributed by atoms with Gasteiger partial charge in [0.1, 0.15) is 19.3 Å². The van der Waals surface area contributed by atoms with E-state index in [-0.39, 0.29) is 25.7 Å². The van der Waals surface area contributed by atoms with Crippen molar-refractivity contribution >= 4 is 39.5 Å². The van der Waals surface area contributed by atoms with Crippen LogP contribution >= 0.6 is 15.6 Å². The summed E-state index contributed by atoms with van der Waals surface area (Å²) in [6, 6.07) is 0. The lowest BCUT2D eigenvalue weighted by Gasteiger charge is -2.21. The highest BCUT2D eigenvalue weighted by Crippen LogP contribution is 2.45. The SMILES string of the molecule is CCCCCCCCCCCCCCCC(=O)O[C@H](COC(=O)CCCCCCCCCC(C)C)COP(=O)(O)OC[C@@H](O)COP(=O)(O)OC[C@@H](COC(=O)CCCCCCCCC)OC(=O)CCCCCCCCC(C)CC. The average molecular weight is 1190 g/mol. The normalized spacial score (nSPS) is 14.7. The van der Waals surface area contributed by atoms with Gasteiger partial charge in [-0.1, -0.05) is 247 Å². The second kappa shape index (κ2) is 53.8. The molecule has 80 heavy (non-hydrogen) atoms. The third-order valence-corrected chi connectivity index (χ3v) is 16.2. The van der Waals surface area contributed by atoms with Gasteiger partial charge in [-0.15, -0.1) is 0 Å². The number of esters is 4. The largest absolute Gasteiger partial charge is 0.472 e. The Morgan fingerprint density at radius 3 is 0.950 bits per heavy atom. The Kier molecular flexibility index (Phi) is 52.5. The van der Waals surface area contributed by atoms with Crippen molar-refractivity contribution in [2.75, 3.05) is 39.6 Å². The number of phosphoric ester groups is 2. The molecule has 19 heteroatoms. The highest BCUT2D eigenvalue weighted by molar-refractivity contribution is 7.47. The average Bonchev–Trinajstić information content (AvgIpc) is 3.42. The topological polar surface area (TPSA) is 237 Å². The molecule has 17 nitrogen and oxygen atoms in total. The zero-order chi connectivity index (χ0) is 59.4. The Morgan fingerprint density at radius 2 is 0.637 bits per heavy atom. The molecule has 0 fully saturated rings. The number of aliphatic hydroxyl groups excluding tert-OH is 1. The van der Waals surface area contributed by atoms with Crippen molar-refractivity contribution in [2.45, 2.75) is 317 Å². The van der Waals surface area contributed by atoms with E-state index in [0.717, 1.165) is 115 Å². The summed E-state index contributed by atoms with van der Waals surface area (Å²) in [5.74, 6) is -0.719. The standard InChI is InChI=1S/C61H118O17P2/c1-7-10-12-14-16-17-18-19-20-21-25-33-39-45-60(65)77-56(50-72-59(64)44-38-32-26-22-24-29-35-41-53(4)5)51-75-79(67,68)73-47-55(62)48-74-80(69,70)76-52-57(49-71-58(63)43-37-31-23-15-13-11-8-2)78-61(66)46-40-34-28-27-30-36-42-54(6)9-3/h53-57,62H,7-52H2,1-6H3,(H,67,68)(H,69,70)/t54?,55-,56-,57-/m1/s1. The summed E-state index contributed by atoms with van der Waals surface area (Å²) < 4.78 is 67.8. The van der Waals surface area contributed by atoms with E-state index < -0.39 is 97.5 Å². The molecule has 3 N–H and O–H groups in total. The van der Waals surface area contributed by atoms with Crippen LogP contribution in [0.25, 0.3) is 0 Å². The maximum absolute atomic E-state index is 12.9. The maximum atomic E-state index is 12.9. The number of unbranched alkanes of at least 4 members (excludes halogenated alkanes) is 29. The van der Waals surface area contributed by atoms with Crippen LogP contribution in [0.1, 0.15) is 298 Å². The first kappa shape index (κ1) is 78.1. The van der Waals surface area contributed by atoms with Gasteiger partial charge in [-0.2, -0.15) is 0 Å². The summed E-state index contributed by atoms with van der Waals surface area (Å²) in [6.07, 6.45) is 35.0. The number of phosphoric acid groups is 2. The molecule has 3 unspecified atom stereocenters. The molecule has 6 atom stereocenters. The van der Waals surface area contributed by atoms with E-state index in [4.69, 9.17) is 37.0 Å². The molecule has 0 heterocycles. The van der Waals surface area contributed by atoms with Gasteiger partial charge in [0.25, 0.3) is 0 Å². The van der Waals surface area contributed by atoms with Gasteiger partial charge >= 0.3 is 39.5 Å². The number of ether oxygens (including phenoxy) is 4. The van der Waals surface area contributed by atoms with Crippen LogP contribution in [0.4, 0.5) is 0 Å². The molecule has 0 aliphatic heterocycles. The van der Waals surface area contributed by atoms with Crippen molar-refractivity contribution < 1.29 is 80.2 Å². The summed E-state index contributed by atoms with van der Waals surface area (Å²) in [7, 11) is -9.88. The highest BCUT2D eigenvalue weighted by Gasteiger charge is 2.30. The Bertz CT molecular complexity index is 1580. The summed E-state index contributed by atoms with van der Waals surface area (Å²) in [5, 5.41) is 10.5. The number of hydrogen-bond acceptors (Lipinski definition) is 15. The molecule has 0 amide bonds. The predicted molar refractivity (Wildman–Crippen MR) is 317 cm³/mol. The van der Waals surface area contributed by atoms with Crippen LogP contribution < -0.4 is 0 Å². The summed E-state index contributed by atoms with van der Waals surface area (Å²) >= 11 is 0. The van der Waals surface area contributed by atoms with E-state index in [1.165, 1.54) is 96.3 Å². The molecule has 0 radical (unpaired) electrons. The van der Waals surface area contributed by atoms with Crippen molar-refractivity contribution in [1.29, 1.82) is 0 Å². The van der Waals surface area contributed by atoms with Crippen molar-refractivity contribution in [1.82, 2.24) is 0 Å². The Hall–Kier alpha value is -1.94. The summed E-state index contributed by atoms with van der Waals surface area (Å²) in [5.41, 5.74) is 0. The van der Waals surface area contributed by atoms with Crippen molar-refractivity contribution in [3.05, 3.63) is 0 Å². The fraction of sp³-hybridized carbons (Fsp3) is 0.934. The molecule has 0 rings (SSSR count). The molecule has 0 saturated heterocycles. The molecule has 0 spiro atoms. The minimum absolute atomic E-state index is 0.102. The van der Waals surface area contributed by atoms with Gasteiger partial charge in [0.15, 0.2) is 12.2 Å². The van der Waals surface area contributed by atoms with Crippen LogP contribution in [0.2, 0.25) is 0 Å². The zero-order valence-corrected chi connectivity index (χ0v) is 53.2. The fourth-order valence-electron chi connectivity index (χ4n) is 8.97. The van der Waals surface area contributed by atoms with Crippen molar-refractivity contribution in [3.8, 4) is 0 Å². The van der Waals surface area contributed by atoms with E-state index in [0.29, 0.717) is 31.6 Å². The van der Waals surface area contributed by atoms with E-state index in [9.17, 15) is 43.2 Å². The first-order valence-corrected chi connectivity index (χ1v) is 35.0. The second-order valence-corrected chi connectivity index (χ2v) is 25.7. The Balaban J connectivity index is 5.22. The molecular formula is C61H118O17P2. The van der Waals surface area contributed by atoms with E-state index in [1.807, 2.05) is 0 Å². The van der Waals surface area contributed by atoms with Gasteiger partial charge in [0.05, 0.1) is 26.4 Å². The van der Waals surface area contributed by atoms with Gasteiger partial charge in [0, 0.05) is 25.7 Å². The fourth-order valence-corrected chi connectivity index (χ4v) is 10.5. The lowest BCUT2D eigenvalue weighted by atomic mass is 10.00. The van der Waals surface area contributed by atoms with Gasteiger partial charge in [-0.05, 0) is 37.5 Å². The first-order chi connectivity index (χ1) is 38.4. The van der Waals surface area contributed by atoms with Crippen LogP contribution in [0.3, 0.4) is 0 Å². The van der Waals surface area contributed by atoms with E-state index >= 15 is 0 Å². The quantitative estimate of drug-likeness (QED) is 0.0222. The Labute approximate surface area is 486 Å². The molecular weight excluding hydrogens is 1070 g/mol. The molecule has 474 valence electrons. The van der Waals surface area contributed by atoms with Crippen LogP contribution in [-0.2, 0) is 65.4 Å². The van der Waals surface area contributed by atoms with Crippen molar-refractivity contribution in [3.63, 3.8) is 0 Å². The second-order valence-electron chi connectivity index (χ2n) is 22.8. The van der Waals surface area contributed by atoms with Crippen LogP contribution in [0, 0.1) is 11.8 Å². The predicted octanol–water partition coefficient (Wildman–Crippen LogP) is 16.5. The highest BCUT2D eigenvalue weighted by atomic mass is 31.2. The van der Waals surface area contributed by atoms with Crippen LogP contribution in [0.5, 0.6) is 0 Å². The van der Waals surface area contributed by atoms with Gasteiger partial charge in [0.2, 0.25) is 0 Å². The first-order valence-electron chi connectivity index (χ1n) is 32.0. The smallest absolute Gasteiger partial charge is 0.462 e. The van der Waals surface area contributed by atoms with Crippen molar-refractivity contribution in [2.24, 2.45) is 11.8 Å². The number of carbonyl (C=O) groups is 4. The van der Waals surface area contributed by atoms with Gasteiger partial charge < -0.3 is 33.8 Å². The monoisotopic (exact) mass is 1180 g/mol. The molecule has 0 aliphatic carbocycles. The molecule has 0 saturated carbocycles. The Morgan fingerprint density at radius 1 is 0.362 bits per heavy atom. The minimum atomic E-state index is -4.94. The molecule has 0 aromatic carbocycles. The lowest BCUT2D eigenvalue weighted by molar-refractivity contribution is -0.161. The number of carbonyl (C=O) groups excluding carboxylic acids is 4. The molecule has 0 aliphatic rings. The molecule has 0 aromatic heterocycles. The van der Waals surface area contributed by atoms with Crippen LogP contribution in [0.15, 0.2) is 0 Å². The lowest BCUT2D eigenvalue weighted by Crippen LogP contribution is -2.30.